The highest BCUT2D eigenvalue weighted by atomic mass is 16.5. The molecule has 0 aromatic heterocycles. The predicted octanol–water partition coefficient (Wildman–Crippen LogP) is 1.73. The standard InChI is InChI=1S/C17H34N2O2/c1-14(2)10-18-12-17(5-8-21-9-6-17)13-19-7-4-15(3)16(20)11-19/h14-16,18,20H,4-13H2,1-3H3. The molecular formula is C17H34N2O2. The minimum Gasteiger partial charge on any atom is -0.392 e. The van der Waals surface area contributed by atoms with Gasteiger partial charge < -0.3 is 20.1 Å². The number of nitrogens with zero attached hydrogens (tertiary/aromatic N) is 1. The molecule has 2 aliphatic rings. The highest BCUT2D eigenvalue weighted by Gasteiger charge is 2.36. The van der Waals surface area contributed by atoms with Crippen molar-refractivity contribution >= 4 is 0 Å². The maximum absolute atomic E-state index is 10.1. The van der Waals surface area contributed by atoms with Crippen molar-refractivity contribution < 1.29 is 9.84 Å². The van der Waals surface area contributed by atoms with Crippen LogP contribution in [0.2, 0.25) is 0 Å². The van der Waals surface area contributed by atoms with Gasteiger partial charge in [-0.2, -0.15) is 0 Å². The first-order valence-electron chi connectivity index (χ1n) is 8.70. The number of nitrogens with one attached hydrogen (secondary N) is 1. The summed E-state index contributed by atoms with van der Waals surface area (Å²) >= 11 is 0. The van der Waals surface area contributed by atoms with Crippen LogP contribution in [0.5, 0.6) is 0 Å². The number of likely N-dealkylation sites (tertiary alicyclic amines) is 1. The maximum atomic E-state index is 10.1. The predicted molar refractivity (Wildman–Crippen MR) is 86.4 cm³/mol. The molecule has 0 bridgehead atoms. The quantitative estimate of drug-likeness (QED) is 0.784. The molecule has 4 heteroatoms. The summed E-state index contributed by atoms with van der Waals surface area (Å²) in [7, 11) is 0. The monoisotopic (exact) mass is 298 g/mol. The van der Waals surface area contributed by atoms with Gasteiger partial charge in [0.15, 0.2) is 0 Å². The molecule has 2 atom stereocenters. The topological polar surface area (TPSA) is 44.7 Å². The molecule has 2 N–H and O–H groups in total. The van der Waals surface area contributed by atoms with Crippen LogP contribution in [-0.2, 0) is 4.74 Å². The molecule has 0 aromatic carbocycles. The number of β-amino-alcohol motifs (C(OH)–C–C–N with tert-alkyl or cyclic N) is 1. The molecule has 21 heavy (non-hydrogen) atoms. The fraction of sp³-hybridized carbons (Fsp3) is 1.00. The molecule has 0 saturated carbocycles. The summed E-state index contributed by atoms with van der Waals surface area (Å²) in [5.41, 5.74) is 0.327. The number of aliphatic hydroxyl groups excluding tert-OH is 1. The van der Waals surface area contributed by atoms with Crippen molar-refractivity contribution in [3.05, 3.63) is 0 Å². The number of aliphatic hydroxyl groups is 1. The minimum atomic E-state index is -0.153. The van der Waals surface area contributed by atoms with Gasteiger partial charge in [-0.3, -0.25) is 0 Å². The van der Waals surface area contributed by atoms with Gasteiger partial charge in [0.2, 0.25) is 0 Å². The molecule has 2 unspecified atom stereocenters. The Balaban J connectivity index is 1.89. The Labute approximate surface area is 130 Å². The summed E-state index contributed by atoms with van der Waals surface area (Å²) in [4.78, 5) is 2.48. The number of hydrogen-bond acceptors (Lipinski definition) is 4. The van der Waals surface area contributed by atoms with E-state index in [-0.39, 0.29) is 6.10 Å². The Morgan fingerprint density at radius 2 is 2.05 bits per heavy atom. The largest absolute Gasteiger partial charge is 0.392 e. The molecule has 0 amide bonds. The fourth-order valence-electron chi connectivity index (χ4n) is 3.55. The Morgan fingerprint density at radius 1 is 1.33 bits per heavy atom. The smallest absolute Gasteiger partial charge is 0.0693 e. The molecule has 0 radical (unpaired) electrons. The third kappa shape index (κ3) is 5.20. The average Bonchev–Trinajstić information content (AvgIpc) is 2.43. The van der Waals surface area contributed by atoms with Gasteiger partial charge in [-0.1, -0.05) is 20.8 Å². The van der Waals surface area contributed by atoms with Gasteiger partial charge in [-0.15, -0.1) is 0 Å². The Morgan fingerprint density at radius 3 is 2.67 bits per heavy atom. The van der Waals surface area contributed by atoms with Gasteiger partial charge in [0.05, 0.1) is 6.10 Å². The van der Waals surface area contributed by atoms with E-state index in [1.54, 1.807) is 0 Å². The highest BCUT2D eigenvalue weighted by molar-refractivity contribution is 4.89. The normalized spacial score (nSPS) is 30.7. The summed E-state index contributed by atoms with van der Waals surface area (Å²) in [6, 6.07) is 0. The molecule has 2 aliphatic heterocycles. The summed E-state index contributed by atoms with van der Waals surface area (Å²) in [6.45, 7) is 13.7. The van der Waals surface area contributed by atoms with Crippen LogP contribution in [0.3, 0.4) is 0 Å². The molecule has 2 rings (SSSR count). The molecule has 2 fully saturated rings. The fourth-order valence-corrected chi connectivity index (χ4v) is 3.55. The summed E-state index contributed by atoms with van der Waals surface area (Å²) in [6.07, 6.45) is 3.24. The van der Waals surface area contributed by atoms with Crippen molar-refractivity contribution in [2.75, 3.05) is 45.9 Å². The molecule has 2 heterocycles. The van der Waals surface area contributed by atoms with Gasteiger partial charge >= 0.3 is 0 Å². The lowest BCUT2D eigenvalue weighted by molar-refractivity contribution is -0.0308. The Kier molecular flexibility index (Phi) is 6.48. The van der Waals surface area contributed by atoms with Gasteiger partial charge in [0.1, 0.15) is 0 Å². The van der Waals surface area contributed by atoms with Gasteiger partial charge in [-0.05, 0) is 49.6 Å². The lowest BCUT2D eigenvalue weighted by Gasteiger charge is -2.44. The van der Waals surface area contributed by atoms with Crippen LogP contribution in [0.25, 0.3) is 0 Å². The van der Waals surface area contributed by atoms with Crippen LogP contribution in [0.4, 0.5) is 0 Å². The zero-order valence-corrected chi connectivity index (χ0v) is 14.1. The van der Waals surface area contributed by atoms with Crippen molar-refractivity contribution in [3.63, 3.8) is 0 Å². The zero-order chi connectivity index (χ0) is 15.3. The molecule has 4 nitrogen and oxygen atoms in total. The maximum Gasteiger partial charge on any atom is 0.0693 e. The number of ether oxygens (including phenoxy) is 1. The van der Waals surface area contributed by atoms with E-state index in [2.05, 4.69) is 31.0 Å². The summed E-state index contributed by atoms with van der Waals surface area (Å²) in [5.74, 6) is 1.14. The van der Waals surface area contributed by atoms with Gasteiger partial charge in [0.25, 0.3) is 0 Å². The second-order valence-corrected chi connectivity index (χ2v) is 7.71. The second-order valence-electron chi connectivity index (χ2n) is 7.71. The van der Waals surface area contributed by atoms with Crippen LogP contribution in [0.1, 0.15) is 40.0 Å². The third-order valence-electron chi connectivity index (χ3n) is 5.17. The van der Waals surface area contributed by atoms with Gasteiger partial charge in [-0.25, -0.2) is 0 Å². The Hall–Kier alpha value is -0.160. The van der Waals surface area contributed by atoms with Crippen LogP contribution >= 0.6 is 0 Å². The zero-order valence-electron chi connectivity index (χ0n) is 14.1. The van der Waals surface area contributed by atoms with Crippen molar-refractivity contribution in [1.29, 1.82) is 0 Å². The van der Waals surface area contributed by atoms with Gasteiger partial charge in [0, 0.05) is 32.8 Å². The van der Waals surface area contributed by atoms with Crippen LogP contribution in [-0.4, -0.2) is 62.0 Å². The molecule has 2 saturated heterocycles. The van der Waals surface area contributed by atoms with Crippen LogP contribution < -0.4 is 5.32 Å². The lowest BCUT2D eigenvalue weighted by atomic mass is 9.78. The first-order valence-corrected chi connectivity index (χ1v) is 8.70. The van der Waals surface area contributed by atoms with E-state index in [0.29, 0.717) is 17.3 Å². The second kappa shape index (κ2) is 7.91. The number of rotatable bonds is 6. The summed E-state index contributed by atoms with van der Waals surface area (Å²) < 4.78 is 5.58. The third-order valence-corrected chi connectivity index (χ3v) is 5.17. The van der Waals surface area contributed by atoms with Crippen LogP contribution in [0, 0.1) is 17.3 Å². The van der Waals surface area contributed by atoms with Crippen molar-refractivity contribution in [2.24, 2.45) is 17.3 Å². The number of piperidine rings is 1. The Bertz CT molecular complexity index is 303. The minimum absolute atomic E-state index is 0.153. The first kappa shape index (κ1) is 17.2. The van der Waals surface area contributed by atoms with E-state index in [1.165, 1.54) is 0 Å². The lowest BCUT2D eigenvalue weighted by Crippen LogP contribution is -2.52. The van der Waals surface area contributed by atoms with E-state index >= 15 is 0 Å². The first-order chi connectivity index (χ1) is 10.0. The molecule has 0 aromatic rings. The molecule has 0 aliphatic carbocycles. The SMILES string of the molecule is CC(C)CNCC1(CN2CCC(C)C(O)C2)CCOCC1. The van der Waals surface area contributed by atoms with E-state index in [9.17, 15) is 5.11 Å². The summed E-state index contributed by atoms with van der Waals surface area (Å²) in [5, 5.41) is 13.8. The van der Waals surface area contributed by atoms with E-state index in [1.807, 2.05) is 0 Å². The van der Waals surface area contributed by atoms with E-state index in [4.69, 9.17) is 4.74 Å². The van der Waals surface area contributed by atoms with E-state index < -0.39 is 0 Å². The van der Waals surface area contributed by atoms with Crippen LogP contribution in [0.15, 0.2) is 0 Å². The molecule has 124 valence electrons. The highest BCUT2D eigenvalue weighted by Crippen LogP contribution is 2.32. The number of hydrogen-bond donors (Lipinski definition) is 2. The van der Waals surface area contributed by atoms with E-state index in [0.717, 1.165) is 65.2 Å². The van der Waals surface area contributed by atoms with Crippen molar-refractivity contribution in [3.8, 4) is 0 Å². The molecular weight excluding hydrogens is 264 g/mol. The average molecular weight is 298 g/mol. The van der Waals surface area contributed by atoms with Crippen molar-refractivity contribution in [1.82, 2.24) is 10.2 Å². The van der Waals surface area contributed by atoms with Crippen molar-refractivity contribution in [2.45, 2.75) is 46.1 Å². The molecule has 0 spiro atoms.